The third-order valence-corrected chi connectivity index (χ3v) is 8.08. The molecule has 0 saturated heterocycles. The number of benzene rings is 2. The number of Topliss-reactive ketones (excluding diaryl/α,β-unsaturated/α-hetero) is 1. The van der Waals surface area contributed by atoms with Crippen molar-refractivity contribution in [3.8, 4) is 5.69 Å². The van der Waals surface area contributed by atoms with Gasteiger partial charge in [0.05, 0.1) is 10.9 Å². The molecule has 0 aliphatic heterocycles. The zero-order valence-corrected chi connectivity index (χ0v) is 21.9. The van der Waals surface area contributed by atoms with E-state index in [1.807, 2.05) is 42.7 Å². The van der Waals surface area contributed by atoms with E-state index in [9.17, 15) is 23.1 Å². The average Bonchev–Trinajstić information content (AvgIpc) is 3.22. The van der Waals surface area contributed by atoms with Crippen molar-refractivity contribution in [1.29, 1.82) is 0 Å². The Morgan fingerprint density at radius 3 is 2.30 bits per heavy atom. The van der Waals surface area contributed by atoms with E-state index < -0.39 is 22.2 Å². The molecular formula is C27H28N4O5S. The molecule has 2 aromatic carbocycles. The predicted molar refractivity (Wildman–Crippen MR) is 140 cm³/mol. The highest BCUT2D eigenvalue weighted by Gasteiger charge is 2.33. The molecule has 0 fully saturated rings. The summed E-state index contributed by atoms with van der Waals surface area (Å²) in [7, 11) is -4.23. The summed E-state index contributed by atoms with van der Waals surface area (Å²) in [6, 6.07) is 14.4. The lowest BCUT2D eigenvalue weighted by molar-refractivity contribution is 0.101. The topological polar surface area (TPSA) is 122 Å². The third-order valence-electron chi connectivity index (χ3n) is 6.18. The van der Waals surface area contributed by atoms with Gasteiger partial charge in [0.2, 0.25) is 0 Å². The number of carboxylic acid groups (broad SMARTS) is 1. The van der Waals surface area contributed by atoms with Gasteiger partial charge in [0, 0.05) is 23.9 Å². The summed E-state index contributed by atoms with van der Waals surface area (Å²) in [5.41, 5.74) is 4.20. The Morgan fingerprint density at radius 2 is 1.73 bits per heavy atom. The molecule has 37 heavy (non-hydrogen) atoms. The minimum absolute atomic E-state index is 0.0674. The summed E-state index contributed by atoms with van der Waals surface area (Å²) in [5.74, 6) is 0.700. The number of rotatable bonds is 8. The number of aryl methyl sites for hydroxylation is 2. The highest BCUT2D eigenvalue weighted by Crippen LogP contribution is 2.24. The van der Waals surface area contributed by atoms with Gasteiger partial charge < -0.3 is 5.11 Å². The summed E-state index contributed by atoms with van der Waals surface area (Å²) in [4.78, 5) is 32.8. The van der Waals surface area contributed by atoms with E-state index in [2.05, 4.69) is 9.97 Å². The molecule has 0 radical (unpaired) electrons. The van der Waals surface area contributed by atoms with Crippen LogP contribution in [0.4, 0.5) is 4.79 Å². The summed E-state index contributed by atoms with van der Waals surface area (Å²) in [6.45, 7) is 6.86. The van der Waals surface area contributed by atoms with Gasteiger partial charge in [0.25, 0.3) is 10.0 Å². The summed E-state index contributed by atoms with van der Waals surface area (Å²) >= 11 is 0. The Bertz CT molecular complexity index is 1580. The lowest BCUT2D eigenvalue weighted by Crippen LogP contribution is -2.43. The van der Waals surface area contributed by atoms with Crippen LogP contribution < -0.4 is 0 Å². The number of nitrogens with zero attached hydrogens (tertiary/aromatic N) is 4. The molecule has 1 amide bonds. The van der Waals surface area contributed by atoms with Crippen LogP contribution in [0.25, 0.3) is 16.9 Å². The summed E-state index contributed by atoms with van der Waals surface area (Å²) < 4.78 is 28.6. The SMILES string of the molecule is CCc1nc2cc(C(C)=O)cnc2n1-c1ccc(CC(C)N(C(=O)O)S(=O)(=O)c2ccc(C)cc2)cc1. The van der Waals surface area contributed by atoms with Crippen molar-refractivity contribution in [2.45, 2.75) is 51.5 Å². The summed E-state index contributed by atoms with van der Waals surface area (Å²) in [6.07, 6.45) is 0.851. The number of pyridine rings is 1. The number of ketones is 1. The number of hydrogen-bond donors (Lipinski definition) is 1. The first-order valence-electron chi connectivity index (χ1n) is 11.8. The zero-order valence-electron chi connectivity index (χ0n) is 21.0. The van der Waals surface area contributed by atoms with Gasteiger partial charge in [0.1, 0.15) is 11.3 Å². The van der Waals surface area contributed by atoms with E-state index in [-0.39, 0.29) is 17.1 Å². The Hall–Kier alpha value is -4.05. The number of sulfonamides is 1. The van der Waals surface area contributed by atoms with Gasteiger partial charge in [-0.3, -0.25) is 9.36 Å². The van der Waals surface area contributed by atoms with Crippen LogP contribution >= 0.6 is 0 Å². The molecule has 4 rings (SSSR count). The molecule has 1 unspecified atom stereocenters. The first-order valence-corrected chi connectivity index (χ1v) is 13.3. The molecule has 192 valence electrons. The fraction of sp³-hybridized carbons (Fsp3) is 0.259. The molecule has 0 bridgehead atoms. The van der Waals surface area contributed by atoms with Crippen LogP contribution in [0.3, 0.4) is 0 Å². The van der Waals surface area contributed by atoms with Gasteiger partial charge >= 0.3 is 6.09 Å². The van der Waals surface area contributed by atoms with E-state index in [1.165, 1.54) is 25.3 Å². The van der Waals surface area contributed by atoms with Gasteiger partial charge in [-0.15, -0.1) is 0 Å². The predicted octanol–water partition coefficient (Wildman–Crippen LogP) is 4.79. The first-order chi connectivity index (χ1) is 17.5. The highest BCUT2D eigenvalue weighted by molar-refractivity contribution is 7.89. The number of hydrogen-bond acceptors (Lipinski definition) is 6. The molecule has 0 spiro atoms. The van der Waals surface area contributed by atoms with Crippen molar-refractivity contribution in [2.24, 2.45) is 0 Å². The largest absolute Gasteiger partial charge is 0.464 e. The number of imidazole rings is 1. The smallest absolute Gasteiger partial charge is 0.421 e. The van der Waals surface area contributed by atoms with E-state index in [0.717, 1.165) is 22.6 Å². The Balaban J connectivity index is 1.62. The fourth-order valence-corrected chi connectivity index (χ4v) is 5.73. The lowest BCUT2D eigenvalue weighted by atomic mass is 10.1. The highest BCUT2D eigenvalue weighted by atomic mass is 32.2. The van der Waals surface area contributed by atoms with Crippen molar-refractivity contribution in [3.63, 3.8) is 0 Å². The van der Waals surface area contributed by atoms with Gasteiger partial charge in [-0.1, -0.05) is 36.8 Å². The minimum Gasteiger partial charge on any atom is -0.464 e. The van der Waals surface area contributed by atoms with Crippen LogP contribution in [-0.2, 0) is 22.9 Å². The van der Waals surface area contributed by atoms with Gasteiger partial charge in [-0.05, 0) is 63.1 Å². The number of carbonyl (C=O) groups excluding carboxylic acids is 1. The minimum atomic E-state index is -4.23. The van der Waals surface area contributed by atoms with Gasteiger partial charge in [0.15, 0.2) is 11.4 Å². The standard InChI is InChI=1S/C27H28N4O5S/c1-5-25-29-24-15-21(19(4)32)16-28-26(24)30(25)22-10-8-20(9-11-22)14-18(3)31(27(33)34)37(35,36)23-12-6-17(2)7-13-23/h6-13,15-16,18H,5,14H2,1-4H3,(H,33,34). The number of aromatic nitrogens is 3. The maximum absolute atomic E-state index is 13.1. The van der Waals surface area contributed by atoms with E-state index in [4.69, 9.17) is 0 Å². The van der Waals surface area contributed by atoms with Crippen molar-refractivity contribution in [1.82, 2.24) is 18.8 Å². The number of carbonyl (C=O) groups is 2. The molecule has 2 aromatic heterocycles. The Morgan fingerprint density at radius 1 is 1.08 bits per heavy atom. The van der Waals surface area contributed by atoms with Crippen LogP contribution in [0, 0.1) is 6.92 Å². The van der Waals surface area contributed by atoms with Crippen LogP contribution in [0.15, 0.2) is 65.7 Å². The Labute approximate surface area is 215 Å². The van der Waals surface area contributed by atoms with Crippen LogP contribution in [0.2, 0.25) is 0 Å². The molecule has 9 nitrogen and oxygen atoms in total. The molecule has 10 heteroatoms. The molecule has 1 N–H and O–H groups in total. The second-order valence-electron chi connectivity index (χ2n) is 8.96. The van der Waals surface area contributed by atoms with Crippen LogP contribution in [0.5, 0.6) is 0 Å². The quantitative estimate of drug-likeness (QED) is 0.331. The average molecular weight is 521 g/mol. The maximum atomic E-state index is 13.1. The van der Waals surface area contributed by atoms with Gasteiger partial charge in [-0.2, -0.15) is 4.31 Å². The van der Waals surface area contributed by atoms with E-state index in [0.29, 0.717) is 27.5 Å². The lowest BCUT2D eigenvalue weighted by Gasteiger charge is -2.26. The van der Waals surface area contributed by atoms with Crippen molar-refractivity contribution < 1.29 is 23.1 Å². The van der Waals surface area contributed by atoms with Crippen molar-refractivity contribution in [2.75, 3.05) is 0 Å². The number of fused-ring (bicyclic) bond motifs is 1. The van der Waals surface area contributed by atoms with Crippen molar-refractivity contribution in [3.05, 3.63) is 83.3 Å². The summed E-state index contributed by atoms with van der Waals surface area (Å²) in [5, 5.41) is 9.76. The number of amides is 1. The van der Waals surface area contributed by atoms with Crippen molar-refractivity contribution >= 4 is 33.1 Å². The zero-order chi connectivity index (χ0) is 26.9. The fourth-order valence-electron chi connectivity index (χ4n) is 4.27. The molecular weight excluding hydrogens is 492 g/mol. The monoisotopic (exact) mass is 520 g/mol. The van der Waals surface area contributed by atoms with E-state index >= 15 is 0 Å². The second-order valence-corrected chi connectivity index (χ2v) is 10.8. The first kappa shape index (κ1) is 26.0. The Kier molecular flexibility index (Phi) is 7.13. The molecule has 2 heterocycles. The molecule has 0 aliphatic carbocycles. The maximum Gasteiger partial charge on any atom is 0.421 e. The van der Waals surface area contributed by atoms with Crippen LogP contribution in [0.1, 0.15) is 48.1 Å². The molecule has 0 aliphatic rings. The van der Waals surface area contributed by atoms with Gasteiger partial charge in [-0.25, -0.2) is 23.2 Å². The molecule has 0 saturated carbocycles. The normalized spacial score (nSPS) is 12.4. The molecule has 4 aromatic rings. The second kappa shape index (κ2) is 10.1. The molecule has 1 atom stereocenters. The van der Waals surface area contributed by atoms with Crippen LogP contribution in [-0.4, -0.2) is 50.3 Å². The third kappa shape index (κ3) is 5.10. The van der Waals surface area contributed by atoms with E-state index in [1.54, 1.807) is 25.1 Å².